The van der Waals surface area contributed by atoms with Gasteiger partial charge in [0.2, 0.25) is 0 Å². The van der Waals surface area contributed by atoms with Crippen LogP contribution in [0.15, 0.2) is 24.3 Å². The van der Waals surface area contributed by atoms with Gasteiger partial charge in [0.05, 0.1) is 23.8 Å². The number of rotatable bonds is 2. The molecule has 0 atom stereocenters. The minimum absolute atomic E-state index is 0.177. The van der Waals surface area contributed by atoms with Gasteiger partial charge in [-0.1, -0.05) is 11.6 Å². The second-order valence-electron chi connectivity index (χ2n) is 4.51. The Bertz CT molecular complexity index is 652. The average Bonchev–Trinajstić information content (AvgIpc) is 2.77. The van der Waals surface area contributed by atoms with Crippen LogP contribution in [0.3, 0.4) is 0 Å². The van der Waals surface area contributed by atoms with Gasteiger partial charge in [-0.25, -0.2) is 0 Å². The van der Waals surface area contributed by atoms with Crippen molar-refractivity contribution >= 4 is 39.5 Å². The molecule has 0 saturated carbocycles. The normalized spacial score (nSPS) is 13.8. The van der Waals surface area contributed by atoms with Crippen molar-refractivity contribution in [3.8, 4) is 0 Å². The van der Waals surface area contributed by atoms with Crippen LogP contribution in [0.1, 0.15) is 20.8 Å². The zero-order chi connectivity index (χ0) is 14.1. The SMILES string of the molecule is Nc1sc2c(c1C(=O)Nc1ccc(Cl)cc1)CCOC2. The molecule has 20 heavy (non-hydrogen) atoms. The summed E-state index contributed by atoms with van der Waals surface area (Å²) in [5, 5.41) is 4.03. The summed E-state index contributed by atoms with van der Waals surface area (Å²) in [4.78, 5) is 13.4. The van der Waals surface area contributed by atoms with Gasteiger partial charge in [-0.2, -0.15) is 0 Å². The average molecular weight is 309 g/mol. The molecule has 2 heterocycles. The fourth-order valence-electron chi connectivity index (χ4n) is 2.23. The predicted molar refractivity (Wildman–Crippen MR) is 81.5 cm³/mol. The van der Waals surface area contributed by atoms with E-state index in [1.807, 2.05) is 0 Å². The van der Waals surface area contributed by atoms with Crippen LogP contribution in [-0.2, 0) is 17.8 Å². The first-order chi connectivity index (χ1) is 9.65. The van der Waals surface area contributed by atoms with Gasteiger partial charge in [0.1, 0.15) is 0 Å². The maximum Gasteiger partial charge on any atom is 0.258 e. The van der Waals surface area contributed by atoms with Gasteiger partial charge in [-0.15, -0.1) is 11.3 Å². The van der Waals surface area contributed by atoms with Crippen molar-refractivity contribution in [2.45, 2.75) is 13.0 Å². The molecule has 6 heteroatoms. The topological polar surface area (TPSA) is 64.4 Å². The molecule has 4 nitrogen and oxygen atoms in total. The molecule has 0 aliphatic carbocycles. The third kappa shape index (κ3) is 2.52. The molecule has 3 N–H and O–H groups in total. The van der Waals surface area contributed by atoms with E-state index in [2.05, 4.69) is 5.32 Å². The third-order valence-electron chi connectivity index (χ3n) is 3.18. The van der Waals surface area contributed by atoms with Crippen molar-refractivity contribution in [2.75, 3.05) is 17.7 Å². The standard InChI is InChI=1S/C14H13ClN2O2S/c15-8-1-3-9(4-2-8)17-14(18)12-10-5-6-19-7-11(10)20-13(12)16/h1-4H,5-7,16H2,(H,17,18). The highest BCUT2D eigenvalue weighted by atomic mass is 35.5. The lowest BCUT2D eigenvalue weighted by Crippen LogP contribution is -2.17. The Labute approximate surface area is 125 Å². The number of nitrogens with two attached hydrogens (primary N) is 1. The predicted octanol–water partition coefficient (Wildman–Crippen LogP) is 3.31. The molecule has 1 aliphatic rings. The first kappa shape index (κ1) is 13.4. The summed E-state index contributed by atoms with van der Waals surface area (Å²) in [5.41, 5.74) is 8.29. The Hall–Kier alpha value is -1.56. The minimum Gasteiger partial charge on any atom is -0.390 e. The number of amides is 1. The quantitative estimate of drug-likeness (QED) is 0.894. The van der Waals surface area contributed by atoms with E-state index in [0.29, 0.717) is 34.5 Å². The molecule has 0 unspecified atom stereocenters. The van der Waals surface area contributed by atoms with E-state index in [0.717, 1.165) is 16.9 Å². The Kier molecular flexibility index (Phi) is 3.65. The largest absolute Gasteiger partial charge is 0.390 e. The molecule has 0 spiro atoms. The van der Waals surface area contributed by atoms with Gasteiger partial charge in [0, 0.05) is 15.6 Å². The molecular formula is C14H13ClN2O2S. The number of hydrogen-bond donors (Lipinski definition) is 2. The van der Waals surface area contributed by atoms with Crippen molar-refractivity contribution in [3.05, 3.63) is 45.3 Å². The fourth-order valence-corrected chi connectivity index (χ4v) is 3.41. The number of anilines is 2. The number of hydrogen-bond acceptors (Lipinski definition) is 4. The van der Waals surface area contributed by atoms with Gasteiger partial charge in [0.25, 0.3) is 5.91 Å². The number of carbonyl (C=O) groups is 1. The highest BCUT2D eigenvalue weighted by Gasteiger charge is 2.24. The van der Waals surface area contributed by atoms with E-state index >= 15 is 0 Å². The Morgan fingerprint density at radius 2 is 2.10 bits per heavy atom. The minimum atomic E-state index is -0.177. The molecule has 3 rings (SSSR count). The highest BCUT2D eigenvalue weighted by molar-refractivity contribution is 7.16. The molecule has 0 radical (unpaired) electrons. The maximum atomic E-state index is 12.4. The molecular weight excluding hydrogens is 296 g/mol. The summed E-state index contributed by atoms with van der Waals surface area (Å²) in [5.74, 6) is -0.177. The van der Waals surface area contributed by atoms with Crippen LogP contribution in [0.25, 0.3) is 0 Å². The van der Waals surface area contributed by atoms with Crippen LogP contribution in [0.5, 0.6) is 0 Å². The molecule has 2 aromatic rings. The number of ether oxygens (including phenoxy) is 1. The zero-order valence-corrected chi connectivity index (χ0v) is 12.2. The van der Waals surface area contributed by atoms with Crippen molar-refractivity contribution < 1.29 is 9.53 Å². The number of nitrogens with one attached hydrogen (secondary N) is 1. The lowest BCUT2D eigenvalue weighted by atomic mass is 10.1. The second-order valence-corrected chi connectivity index (χ2v) is 6.08. The maximum absolute atomic E-state index is 12.4. The summed E-state index contributed by atoms with van der Waals surface area (Å²) < 4.78 is 5.38. The number of nitrogen functional groups attached to an aromatic ring is 1. The summed E-state index contributed by atoms with van der Waals surface area (Å²) in [7, 11) is 0. The van der Waals surface area contributed by atoms with Crippen molar-refractivity contribution in [3.63, 3.8) is 0 Å². The fraction of sp³-hybridized carbons (Fsp3) is 0.214. The Morgan fingerprint density at radius 1 is 1.35 bits per heavy atom. The summed E-state index contributed by atoms with van der Waals surface area (Å²) in [6.07, 6.45) is 0.729. The first-order valence-electron chi connectivity index (χ1n) is 6.20. The van der Waals surface area contributed by atoms with E-state index in [4.69, 9.17) is 22.1 Å². The lowest BCUT2D eigenvalue weighted by Gasteiger charge is -2.13. The molecule has 1 aromatic carbocycles. The Morgan fingerprint density at radius 3 is 2.85 bits per heavy atom. The van der Waals surface area contributed by atoms with Gasteiger partial charge in [-0.3, -0.25) is 4.79 Å². The van der Waals surface area contributed by atoms with Gasteiger partial charge in [-0.05, 0) is 36.2 Å². The number of carbonyl (C=O) groups excluding carboxylic acids is 1. The molecule has 0 bridgehead atoms. The monoisotopic (exact) mass is 308 g/mol. The zero-order valence-electron chi connectivity index (χ0n) is 10.6. The van der Waals surface area contributed by atoms with Crippen molar-refractivity contribution in [1.82, 2.24) is 0 Å². The lowest BCUT2D eigenvalue weighted by molar-refractivity contribution is 0.101. The van der Waals surface area contributed by atoms with E-state index < -0.39 is 0 Å². The van der Waals surface area contributed by atoms with Crippen molar-refractivity contribution in [2.24, 2.45) is 0 Å². The van der Waals surface area contributed by atoms with Crippen LogP contribution >= 0.6 is 22.9 Å². The summed E-state index contributed by atoms with van der Waals surface area (Å²) in [6, 6.07) is 6.99. The van der Waals surface area contributed by atoms with Gasteiger partial charge < -0.3 is 15.8 Å². The molecule has 1 amide bonds. The number of fused-ring (bicyclic) bond motifs is 1. The number of thiophene rings is 1. The highest BCUT2D eigenvalue weighted by Crippen LogP contribution is 2.34. The second kappa shape index (κ2) is 5.44. The third-order valence-corrected chi connectivity index (χ3v) is 4.46. The van der Waals surface area contributed by atoms with Gasteiger partial charge >= 0.3 is 0 Å². The summed E-state index contributed by atoms with van der Waals surface area (Å²) >= 11 is 7.25. The first-order valence-corrected chi connectivity index (χ1v) is 7.39. The van der Waals surface area contributed by atoms with E-state index in [9.17, 15) is 4.79 Å². The molecule has 0 saturated heterocycles. The number of benzene rings is 1. The van der Waals surface area contributed by atoms with Crippen LogP contribution in [0.4, 0.5) is 10.7 Å². The Balaban J connectivity index is 1.87. The van der Waals surface area contributed by atoms with Crippen LogP contribution in [0, 0.1) is 0 Å². The smallest absolute Gasteiger partial charge is 0.258 e. The van der Waals surface area contributed by atoms with E-state index in [-0.39, 0.29) is 5.91 Å². The molecule has 1 aliphatic heterocycles. The number of halogens is 1. The molecule has 0 fully saturated rings. The van der Waals surface area contributed by atoms with E-state index in [1.165, 1.54) is 11.3 Å². The molecule has 1 aromatic heterocycles. The van der Waals surface area contributed by atoms with Crippen LogP contribution in [-0.4, -0.2) is 12.5 Å². The van der Waals surface area contributed by atoms with Crippen LogP contribution < -0.4 is 11.1 Å². The van der Waals surface area contributed by atoms with Gasteiger partial charge in [0.15, 0.2) is 0 Å². The van der Waals surface area contributed by atoms with E-state index in [1.54, 1.807) is 24.3 Å². The van der Waals surface area contributed by atoms with Crippen molar-refractivity contribution in [1.29, 1.82) is 0 Å². The summed E-state index contributed by atoms with van der Waals surface area (Å²) in [6.45, 7) is 1.17. The van der Waals surface area contributed by atoms with Crippen LogP contribution in [0.2, 0.25) is 5.02 Å². The molecule has 104 valence electrons.